The molecule has 92 valence electrons. The normalized spacial score (nSPS) is 11.6. The number of nitriles is 1. The summed E-state index contributed by atoms with van der Waals surface area (Å²) < 4.78 is 5.28. The zero-order valence-electron chi connectivity index (χ0n) is 10.8. The van der Waals surface area contributed by atoms with Gasteiger partial charge < -0.3 is 10.1 Å². The molecule has 0 radical (unpaired) electrons. The molecule has 3 nitrogen and oxygen atoms in total. The Hall–Kier alpha value is -1.69. The van der Waals surface area contributed by atoms with E-state index in [1.165, 1.54) is 12.8 Å². The van der Waals surface area contributed by atoms with Crippen molar-refractivity contribution in [2.75, 3.05) is 12.4 Å². The van der Waals surface area contributed by atoms with Crippen LogP contribution in [0, 0.1) is 11.3 Å². The molecule has 1 rings (SSSR count). The Labute approximate surface area is 103 Å². The van der Waals surface area contributed by atoms with Gasteiger partial charge in [-0.1, -0.05) is 19.8 Å². The third kappa shape index (κ3) is 3.99. The third-order valence-corrected chi connectivity index (χ3v) is 2.72. The van der Waals surface area contributed by atoms with Crippen molar-refractivity contribution in [3.63, 3.8) is 0 Å². The van der Waals surface area contributed by atoms with Crippen molar-refractivity contribution in [1.82, 2.24) is 0 Å². The van der Waals surface area contributed by atoms with Gasteiger partial charge >= 0.3 is 0 Å². The number of nitrogens with zero attached hydrogens (tertiary/aromatic N) is 1. The number of methoxy groups -OCH3 is 1. The summed E-state index contributed by atoms with van der Waals surface area (Å²) in [7, 11) is 1.62. The Bertz CT molecular complexity index is 396. The molecule has 3 heteroatoms. The van der Waals surface area contributed by atoms with Gasteiger partial charge in [-0.3, -0.25) is 0 Å². The van der Waals surface area contributed by atoms with Gasteiger partial charge in [0.2, 0.25) is 0 Å². The lowest BCUT2D eigenvalue weighted by atomic mass is 10.1. The van der Waals surface area contributed by atoms with E-state index in [-0.39, 0.29) is 0 Å². The molecule has 0 heterocycles. The molecule has 0 saturated carbocycles. The first kappa shape index (κ1) is 13.4. The maximum atomic E-state index is 8.82. The van der Waals surface area contributed by atoms with Crippen molar-refractivity contribution in [3.05, 3.63) is 23.8 Å². The first-order valence-corrected chi connectivity index (χ1v) is 6.06. The molecule has 1 aromatic carbocycles. The van der Waals surface area contributed by atoms with Crippen LogP contribution in [0.3, 0.4) is 0 Å². The average Bonchev–Trinajstić information content (AvgIpc) is 2.36. The summed E-state index contributed by atoms with van der Waals surface area (Å²) >= 11 is 0. The topological polar surface area (TPSA) is 45.0 Å². The predicted molar refractivity (Wildman–Crippen MR) is 70.3 cm³/mol. The maximum absolute atomic E-state index is 8.82. The van der Waals surface area contributed by atoms with Gasteiger partial charge in [-0.15, -0.1) is 0 Å². The van der Waals surface area contributed by atoms with Crippen LogP contribution in [0.1, 0.15) is 38.7 Å². The van der Waals surface area contributed by atoms with Gasteiger partial charge in [0.05, 0.1) is 24.4 Å². The number of unbranched alkanes of at least 4 members (excludes halogenated alkanes) is 1. The number of hydrogen-bond acceptors (Lipinski definition) is 3. The molecule has 0 bridgehead atoms. The molecule has 0 spiro atoms. The highest BCUT2D eigenvalue weighted by atomic mass is 16.5. The second kappa shape index (κ2) is 6.80. The number of hydrogen-bond donors (Lipinski definition) is 1. The van der Waals surface area contributed by atoms with Crippen molar-refractivity contribution in [3.8, 4) is 11.8 Å². The van der Waals surface area contributed by atoms with E-state index in [2.05, 4.69) is 25.2 Å². The highest BCUT2D eigenvalue weighted by molar-refractivity contribution is 5.59. The van der Waals surface area contributed by atoms with Crippen molar-refractivity contribution >= 4 is 5.69 Å². The Morgan fingerprint density at radius 2 is 2.24 bits per heavy atom. The first-order chi connectivity index (χ1) is 8.21. The summed E-state index contributed by atoms with van der Waals surface area (Å²) in [6.45, 7) is 4.35. The summed E-state index contributed by atoms with van der Waals surface area (Å²) in [6, 6.07) is 7.99. The van der Waals surface area contributed by atoms with E-state index in [1.807, 2.05) is 6.07 Å². The van der Waals surface area contributed by atoms with E-state index in [1.54, 1.807) is 19.2 Å². The SMILES string of the molecule is CCCCC(C)Nc1ccc(C#N)cc1OC. The van der Waals surface area contributed by atoms with Gasteiger partial charge in [0.1, 0.15) is 5.75 Å². The van der Waals surface area contributed by atoms with Gasteiger partial charge in [-0.25, -0.2) is 0 Å². The minimum absolute atomic E-state index is 0.414. The fourth-order valence-corrected chi connectivity index (χ4v) is 1.73. The van der Waals surface area contributed by atoms with Crippen LogP contribution < -0.4 is 10.1 Å². The second-order valence-electron chi connectivity index (χ2n) is 4.21. The Kier molecular flexibility index (Phi) is 5.35. The van der Waals surface area contributed by atoms with Crippen molar-refractivity contribution in [2.24, 2.45) is 0 Å². The monoisotopic (exact) mass is 232 g/mol. The molecule has 0 aliphatic heterocycles. The molecule has 0 amide bonds. The van der Waals surface area contributed by atoms with Crippen LogP contribution in [0.4, 0.5) is 5.69 Å². The number of nitrogens with one attached hydrogen (secondary N) is 1. The van der Waals surface area contributed by atoms with Gasteiger partial charge in [0.25, 0.3) is 0 Å². The highest BCUT2D eigenvalue weighted by Gasteiger charge is 2.07. The molecule has 0 aliphatic rings. The van der Waals surface area contributed by atoms with Crippen molar-refractivity contribution in [1.29, 1.82) is 5.26 Å². The number of rotatable bonds is 6. The standard InChI is InChI=1S/C14H20N2O/c1-4-5-6-11(2)16-13-8-7-12(10-15)9-14(13)17-3/h7-9,11,16H,4-6H2,1-3H3. The minimum atomic E-state index is 0.414. The summed E-state index contributed by atoms with van der Waals surface area (Å²) in [6.07, 6.45) is 3.56. The number of ether oxygens (including phenoxy) is 1. The predicted octanol–water partition coefficient (Wildman–Crippen LogP) is 3.56. The molecular formula is C14H20N2O. The zero-order chi connectivity index (χ0) is 12.7. The van der Waals surface area contributed by atoms with Crippen LogP contribution in [0.15, 0.2) is 18.2 Å². The van der Waals surface area contributed by atoms with E-state index in [4.69, 9.17) is 10.00 Å². The molecular weight excluding hydrogens is 212 g/mol. The van der Waals surface area contributed by atoms with E-state index in [0.717, 1.165) is 17.9 Å². The van der Waals surface area contributed by atoms with Crippen LogP contribution >= 0.6 is 0 Å². The lowest BCUT2D eigenvalue weighted by Gasteiger charge is -2.17. The van der Waals surface area contributed by atoms with Crippen LogP contribution in [0.5, 0.6) is 5.75 Å². The Morgan fingerprint density at radius 1 is 1.47 bits per heavy atom. The van der Waals surface area contributed by atoms with E-state index in [0.29, 0.717) is 11.6 Å². The molecule has 1 N–H and O–H groups in total. The Balaban J connectivity index is 2.73. The van der Waals surface area contributed by atoms with Crippen LogP contribution in [-0.2, 0) is 0 Å². The van der Waals surface area contributed by atoms with Crippen molar-refractivity contribution < 1.29 is 4.74 Å². The molecule has 17 heavy (non-hydrogen) atoms. The zero-order valence-corrected chi connectivity index (χ0v) is 10.8. The molecule has 0 aromatic heterocycles. The van der Waals surface area contributed by atoms with Crippen LogP contribution in [0.25, 0.3) is 0 Å². The van der Waals surface area contributed by atoms with Crippen LogP contribution in [-0.4, -0.2) is 13.2 Å². The third-order valence-electron chi connectivity index (χ3n) is 2.72. The minimum Gasteiger partial charge on any atom is -0.495 e. The number of benzene rings is 1. The average molecular weight is 232 g/mol. The quantitative estimate of drug-likeness (QED) is 0.815. The maximum Gasteiger partial charge on any atom is 0.143 e. The molecule has 0 saturated heterocycles. The lowest BCUT2D eigenvalue weighted by molar-refractivity contribution is 0.415. The Morgan fingerprint density at radius 3 is 2.82 bits per heavy atom. The second-order valence-corrected chi connectivity index (χ2v) is 4.21. The fourth-order valence-electron chi connectivity index (χ4n) is 1.73. The summed E-state index contributed by atoms with van der Waals surface area (Å²) in [4.78, 5) is 0. The first-order valence-electron chi connectivity index (χ1n) is 6.06. The van der Waals surface area contributed by atoms with Crippen molar-refractivity contribution in [2.45, 2.75) is 39.2 Å². The van der Waals surface area contributed by atoms with E-state index in [9.17, 15) is 0 Å². The van der Waals surface area contributed by atoms with E-state index < -0.39 is 0 Å². The summed E-state index contributed by atoms with van der Waals surface area (Å²) in [5.74, 6) is 0.729. The smallest absolute Gasteiger partial charge is 0.143 e. The molecule has 0 fully saturated rings. The van der Waals surface area contributed by atoms with Gasteiger partial charge in [0, 0.05) is 12.1 Å². The lowest BCUT2D eigenvalue weighted by Crippen LogP contribution is -2.15. The molecule has 1 atom stereocenters. The van der Waals surface area contributed by atoms with Gasteiger partial charge in [-0.2, -0.15) is 5.26 Å². The largest absolute Gasteiger partial charge is 0.495 e. The van der Waals surface area contributed by atoms with E-state index >= 15 is 0 Å². The van der Waals surface area contributed by atoms with Gasteiger partial charge in [0.15, 0.2) is 0 Å². The molecule has 1 unspecified atom stereocenters. The molecule has 0 aliphatic carbocycles. The van der Waals surface area contributed by atoms with Gasteiger partial charge in [-0.05, 0) is 25.5 Å². The van der Waals surface area contributed by atoms with Crippen LogP contribution in [0.2, 0.25) is 0 Å². The number of anilines is 1. The fraction of sp³-hybridized carbons (Fsp3) is 0.500. The summed E-state index contributed by atoms with van der Waals surface area (Å²) in [5.41, 5.74) is 1.57. The summed E-state index contributed by atoms with van der Waals surface area (Å²) in [5, 5.41) is 12.2. The molecule has 1 aromatic rings. The highest BCUT2D eigenvalue weighted by Crippen LogP contribution is 2.26.